The summed E-state index contributed by atoms with van der Waals surface area (Å²) < 4.78 is 1.66. The van der Waals surface area contributed by atoms with Gasteiger partial charge >= 0.3 is 0 Å². The lowest BCUT2D eigenvalue weighted by molar-refractivity contribution is -0.144. The number of nitrogens with zero attached hydrogens (tertiary/aromatic N) is 6. The molecule has 2 amide bonds. The molecule has 1 aromatic rings. The van der Waals surface area contributed by atoms with E-state index in [-0.39, 0.29) is 30.3 Å². The van der Waals surface area contributed by atoms with Gasteiger partial charge in [0.05, 0.1) is 11.8 Å². The monoisotopic (exact) mass is 517 g/mol. The third-order valence-corrected chi connectivity index (χ3v) is 8.45. The molecule has 37 heavy (non-hydrogen) atoms. The predicted molar refractivity (Wildman–Crippen MR) is 142 cm³/mol. The van der Waals surface area contributed by atoms with Crippen molar-refractivity contribution in [1.29, 1.82) is 0 Å². The molecular weight excluding hydrogens is 470 g/mol. The molecule has 3 heterocycles. The fraction of sp³-hybridized carbons (Fsp3) is 0.852. The van der Waals surface area contributed by atoms with Crippen LogP contribution >= 0.6 is 0 Å². The molecule has 4 rings (SSSR count). The zero-order valence-corrected chi connectivity index (χ0v) is 23.8. The van der Waals surface area contributed by atoms with Gasteiger partial charge in [0.15, 0.2) is 0 Å². The lowest BCUT2D eigenvalue weighted by atomic mass is 9.85. The van der Waals surface area contributed by atoms with Crippen molar-refractivity contribution < 1.29 is 14.7 Å². The molecule has 0 spiro atoms. The number of β-amino-alcohol motifs (C(OH)–C–C–N with tert-alkyl or cyclic N) is 1. The van der Waals surface area contributed by atoms with E-state index in [9.17, 15) is 14.7 Å². The zero-order valence-electron chi connectivity index (χ0n) is 23.8. The van der Waals surface area contributed by atoms with Gasteiger partial charge in [0.25, 0.3) is 0 Å². The number of carbonyl (C=O) groups is 2. The van der Waals surface area contributed by atoms with E-state index in [1.54, 1.807) is 9.58 Å². The van der Waals surface area contributed by atoms with Gasteiger partial charge in [-0.05, 0) is 59.0 Å². The zero-order chi connectivity index (χ0) is 27.1. The maximum Gasteiger partial charge on any atom is 0.248 e. The summed E-state index contributed by atoms with van der Waals surface area (Å²) in [6, 6.07) is -0.709. The largest absolute Gasteiger partial charge is 0.391 e. The molecule has 0 radical (unpaired) electrons. The average molecular weight is 518 g/mol. The fourth-order valence-electron chi connectivity index (χ4n) is 5.85. The molecule has 3 atom stereocenters. The summed E-state index contributed by atoms with van der Waals surface area (Å²) in [5, 5.41) is 22.2. The van der Waals surface area contributed by atoms with Crippen LogP contribution < -0.4 is 5.32 Å². The van der Waals surface area contributed by atoms with Crippen molar-refractivity contribution in [2.75, 3.05) is 40.3 Å². The van der Waals surface area contributed by atoms with Crippen molar-refractivity contribution in [3.05, 3.63) is 11.9 Å². The lowest BCUT2D eigenvalue weighted by Crippen LogP contribution is -2.57. The molecule has 2 N–H and O–H groups in total. The van der Waals surface area contributed by atoms with E-state index in [1.807, 2.05) is 27.0 Å². The first-order valence-electron chi connectivity index (χ1n) is 13.9. The highest BCUT2D eigenvalue weighted by Crippen LogP contribution is 2.40. The number of aliphatic hydroxyl groups is 1. The molecule has 208 valence electrons. The maximum atomic E-state index is 13.9. The third kappa shape index (κ3) is 6.34. The van der Waals surface area contributed by atoms with Crippen molar-refractivity contribution in [2.24, 2.45) is 5.41 Å². The number of likely N-dealkylation sites (tertiary alicyclic amines) is 2. The molecule has 2 saturated heterocycles. The fourth-order valence-corrected chi connectivity index (χ4v) is 5.85. The van der Waals surface area contributed by atoms with Crippen molar-refractivity contribution in [1.82, 2.24) is 35.0 Å². The van der Waals surface area contributed by atoms with Crippen molar-refractivity contribution >= 4 is 11.8 Å². The van der Waals surface area contributed by atoms with Crippen LogP contribution in [-0.4, -0.2) is 111 Å². The van der Waals surface area contributed by atoms with E-state index >= 15 is 0 Å². The second kappa shape index (κ2) is 10.6. The van der Waals surface area contributed by atoms with E-state index in [0.29, 0.717) is 18.5 Å². The van der Waals surface area contributed by atoms with Gasteiger partial charge in [-0.25, -0.2) is 4.68 Å². The Morgan fingerprint density at radius 3 is 2.35 bits per heavy atom. The summed E-state index contributed by atoms with van der Waals surface area (Å²) in [5.74, 6) is 0.0427. The van der Waals surface area contributed by atoms with Crippen LogP contribution in [0.1, 0.15) is 84.4 Å². The second-order valence-corrected chi connectivity index (χ2v) is 13.3. The Kier molecular flexibility index (Phi) is 8.03. The Balaban J connectivity index is 1.42. The Bertz CT molecular complexity index is 957. The summed E-state index contributed by atoms with van der Waals surface area (Å²) in [6.07, 6.45) is 5.84. The van der Waals surface area contributed by atoms with E-state index < -0.39 is 23.6 Å². The van der Waals surface area contributed by atoms with Crippen LogP contribution in [0.5, 0.6) is 0 Å². The third-order valence-electron chi connectivity index (χ3n) is 8.45. The summed E-state index contributed by atoms with van der Waals surface area (Å²) in [4.78, 5) is 33.6. The molecule has 0 bridgehead atoms. The second-order valence-electron chi connectivity index (χ2n) is 13.3. The van der Waals surface area contributed by atoms with Crippen LogP contribution in [0.25, 0.3) is 0 Å². The number of piperidine rings is 1. The number of amides is 2. The first kappa shape index (κ1) is 28.0. The standard InChI is InChI=1S/C27H47N7O3/c1-26(2,3)23(34-16-21(29-30-34)18-8-9-18)25(37)33-15-20(35)14-22(33)24(36)28-17-27(4,5)32-12-10-19(11-13-32)31(6)7/h16,18-20,22-23,35H,8-15,17H2,1-7H3,(H,28,36)/t20-,22+,23-/m1/s1. The number of carbonyl (C=O) groups excluding carboxylic acids is 2. The van der Waals surface area contributed by atoms with E-state index in [0.717, 1.165) is 44.5 Å². The van der Waals surface area contributed by atoms with Crippen LogP contribution in [-0.2, 0) is 9.59 Å². The van der Waals surface area contributed by atoms with Gasteiger partial charge in [-0.2, -0.15) is 0 Å². The van der Waals surface area contributed by atoms with Crippen molar-refractivity contribution in [3.8, 4) is 0 Å². The topological polar surface area (TPSA) is 107 Å². The van der Waals surface area contributed by atoms with E-state index in [4.69, 9.17) is 0 Å². The molecule has 0 unspecified atom stereocenters. The van der Waals surface area contributed by atoms with Gasteiger partial charge in [-0.1, -0.05) is 26.0 Å². The van der Waals surface area contributed by atoms with Gasteiger partial charge in [0, 0.05) is 56.3 Å². The number of aromatic nitrogens is 3. The Labute approximate surface area is 221 Å². The van der Waals surface area contributed by atoms with Gasteiger partial charge in [0.2, 0.25) is 11.8 Å². The molecule has 3 fully saturated rings. The smallest absolute Gasteiger partial charge is 0.248 e. The molecule has 2 aliphatic heterocycles. The molecular formula is C27H47N7O3. The quantitative estimate of drug-likeness (QED) is 0.540. The van der Waals surface area contributed by atoms with Crippen molar-refractivity contribution in [2.45, 2.75) is 102 Å². The Hall–Kier alpha value is -2.04. The number of hydrogen-bond acceptors (Lipinski definition) is 7. The highest BCUT2D eigenvalue weighted by Gasteiger charge is 2.46. The number of hydrogen-bond donors (Lipinski definition) is 2. The first-order valence-corrected chi connectivity index (χ1v) is 13.9. The molecule has 3 aliphatic rings. The van der Waals surface area contributed by atoms with E-state index in [1.165, 1.54) is 0 Å². The van der Waals surface area contributed by atoms with Crippen LogP contribution in [0.15, 0.2) is 6.20 Å². The first-order chi connectivity index (χ1) is 17.3. The van der Waals surface area contributed by atoms with Crippen LogP contribution in [0.2, 0.25) is 0 Å². The number of aliphatic hydroxyl groups excluding tert-OH is 1. The summed E-state index contributed by atoms with van der Waals surface area (Å²) >= 11 is 0. The summed E-state index contributed by atoms with van der Waals surface area (Å²) in [6.45, 7) is 12.9. The molecule has 1 saturated carbocycles. The summed E-state index contributed by atoms with van der Waals surface area (Å²) in [7, 11) is 4.27. The molecule has 10 heteroatoms. The highest BCUT2D eigenvalue weighted by molar-refractivity contribution is 5.90. The SMILES string of the molecule is CN(C)C1CCN(C(C)(C)CNC(=O)[C@@H]2C[C@@H](O)CN2C(=O)[C@@H](n2cc(C3CC3)nn2)C(C)(C)C)CC1. The average Bonchev–Trinajstić information content (AvgIpc) is 3.43. The normalized spacial score (nSPS) is 25.1. The minimum Gasteiger partial charge on any atom is -0.391 e. The maximum absolute atomic E-state index is 13.9. The lowest BCUT2D eigenvalue weighted by Gasteiger charge is -2.44. The highest BCUT2D eigenvalue weighted by atomic mass is 16.3. The van der Waals surface area contributed by atoms with Crippen LogP contribution in [0.3, 0.4) is 0 Å². The van der Waals surface area contributed by atoms with Gasteiger partial charge < -0.3 is 20.2 Å². The Morgan fingerprint density at radius 1 is 1.14 bits per heavy atom. The van der Waals surface area contributed by atoms with Gasteiger partial charge in [-0.15, -0.1) is 5.10 Å². The van der Waals surface area contributed by atoms with Crippen molar-refractivity contribution in [3.63, 3.8) is 0 Å². The molecule has 10 nitrogen and oxygen atoms in total. The molecule has 1 aromatic heterocycles. The predicted octanol–water partition coefficient (Wildman–Crippen LogP) is 1.63. The Morgan fingerprint density at radius 2 is 1.78 bits per heavy atom. The molecule has 1 aliphatic carbocycles. The van der Waals surface area contributed by atoms with Crippen LogP contribution in [0, 0.1) is 5.41 Å². The minimum absolute atomic E-state index is 0.148. The number of nitrogens with one attached hydrogen (secondary N) is 1. The molecule has 0 aromatic carbocycles. The number of rotatable bonds is 8. The summed E-state index contributed by atoms with van der Waals surface area (Å²) in [5.41, 5.74) is 0.280. The van der Waals surface area contributed by atoms with Crippen LogP contribution in [0.4, 0.5) is 0 Å². The minimum atomic E-state index is -0.726. The van der Waals surface area contributed by atoms with E-state index in [2.05, 4.69) is 53.4 Å². The van der Waals surface area contributed by atoms with Gasteiger partial charge in [-0.3, -0.25) is 14.5 Å². The van der Waals surface area contributed by atoms with Gasteiger partial charge in [0.1, 0.15) is 12.1 Å².